The minimum absolute atomic E-state index is 0.405. The molecule has 0 bridgehead atoms. The minimum Gasteiger partial charge on any atom is -0.389 e. The van der Waals surface area contributed by atoms with Gasteiger partial charge >= 0.3 is 0 Å². The van der Waals surface area contributed by atoms with Crippen molar-refractivity contribution < 1.29 is 9.84 Å². The standard InChI is InChI=1S/C10H20BrNO2/c1-3-4-5-14-8-10(13)7-12-6-9(2)11/h10,12-13H,2-8H2,1H3. The Bertz CT molecular complexity index is 153. The van der Waals surface area contributed by atoms with E-state index in [9.17, 15) is 5.11 Å². The summed E-state index contributed by atoms with van der Waals surface area (Å²) in [6.07, 6.45) is 1.74. The molecule has 0 saturated heterocycles. The smallest absolute Gasteiger partial charge is 0.0897 e. The summed E-state index contributed by atoms with van der Waals surface area (Å²) in [6, 6.07) is 0. The molecule has 0 aliphatic rings. The molecule has 3 nitrogen and oxygen atoms in total. The van der Waals surface area contributed by atoms with Crippen LogP contribution in [-0.4, -0.2) is 37.5 Å². The number of unbranched alkanes of at least 4 members (excludes halogenated alkanes) is 1. The summed E-state index contributed by atoms with van der Waals surface area (Å²) in [5.74, 6) is 0. The third-order valence-corrected chi connectivity index (χ3v) is 1.93. The molecule has 0 radical (unpaired) electrons. The maximum atomic E-state index is 9.43. The lowest BCUT2D eigenvalue weighted by atomic mass is 10.3. The number of hydrogen-bond donors (Lipinski definition) is 2. The fraction of sp³-hybridized carbons (Fsp3) is 0.800. The maximum absolute atomic E-state index is 9.43. The van der Waals surface area contributed by atoms with Crippen LogP contribution in [0, 0.1) is 0 Å². The summed E-state index contributed by atoms with van der Waals surface area (Å²) in [5.41, 5.74) is 0. The highest BCUT2D eigenvalue weighted by molar-refractivity contribution is 9.11. The quantitative estimate of drug-likeness (QED) is 0.624. The monoisotopic (exact) mass is 265 g/mol. The van der Waals surface area contributed by atoms with Gasteiger partial charge in [-0.05, 0) is 6.42 Å². The third kappa shape index (κ3) is 10.2. The van der Waals surface area contributed by atoms with Crippen molar-refractivity contribution >= 4 is 15.9 Å². The summed E-state index contributed by atoms with van der Waals surface area (Å²) in [6.45, 7) is 8.14. The first kappa shape index (κ1) is 14.1. The van der Waals surface area contributed by atoms with Crippen LogP contribution in [0.3, 0.4) is 0 Å². The Morgan fingerprint density at radius 1 is 1.64 bits per heavy atom. The van der Waals surface area contributed by atoms with E-state index in [1.807, 2.05) is 0 Å². The van der Waals surface area contributed by atoms with Gasteiger partial charge in [-0.15, -0.1) is 0 Å². The van der Waals surface area contributed by atoms with Crippen molar-refractivity contribution in [2.45, 2.75) is 25.9 Å². The van der Waals surface area contributed by atoms with Crippen LogP contribution in [0.2, 0.25) is 0 Å². The zero-order valence-corrected chi connectivity index (χ0v) is 10.3. The zero-order chi connectivity index (χ0) is 10.8. The third-order valence-electron chi connectivity index (χ3n) is 1.65. The molecule has 0 rings (SSSR count). The van der Waals surface area contributed by atoms with Crippen molar-refractivity contribution in [1.82, 2.24) is 5.32 Å². The molecule has 0 spiro atoms. The molecular formula is C10H20BrNO2. The van der Waals surface area contributed by atoms with Gasteiger partial charge in [0.2, 0.25) is 0 Å². The maximum Gasteiger partial charge on any atom is 0.0897 e. The van der Waals surface area contributed by atoms with Gasteiger partial charge in [0.05, 0.1) is 12.7 Å². The second-order valence-corrected chi connectivity index (χ2v) is 4.35. The van der Waals surface area contributed by atoms with Gasteiger partial charge in [0.1, 0.15) is 0 Å². The normalized spacial score (nSPS) is 12.8. The Morgan fingerprint density at radius 2 is 2.36 bits per heavy atom. The van der Waals surface area contributed by atoms with E-state index in [0.717, 1.165) is 23.9 Å². The predicted molar refractivity (Wildman–Crippen MR) is 62.7 cm³/mol. The fourth-order valence-electron chi connectivity index (χ4n) is 0.899. The molecule has 1 atom stereocenters. The number of rotatable bonds is 9. The number of aliphatic hydroxyl groups excluding tert-OH is 1. The van der Waals surface area contributed by atoms with E-state index in [-0.39, 0.29) is 0 Å². The van der Waals surface area contributed by atoms with Crippen molar-refractivity contribution in [3.05, 3.63) is 11.1 Å². The molecule has 0 aromatic carbocycles. The lowest BCUT2D eigenvalue weighted by Crippen LogP contribution is -2.31. The van der Waals surface area contributed by atoms with E-state index in [4.69, 9.17) is 4.74 Å². The highest BCUT2D eigenvalue weighted by Crippen LogP contribution is 1.96. The van der Waals surface area contributed by atoms with Gasteiger partial charge in [-0.2, -0.15) is 0 Å². The number of aliphatic hydroxyl groups is 1. The average molecular weight is 266 g/mol. The molecule has 0 fully saturated rings. The zero-order valence-electron chi connectivity index (χ0n) is 8.76. The molecule has 14 heavy (non-hydrogen) atoms. The summed E-state index contributed by atoms with van der Waals surface area (Å²) in [5, 5.41) is 12.5. The van der Waals surface area contributed by atoms with E-state index in [0.29, 0.717) is 19.7 Å². The molecule has 2 N–H and O–H groups in total. The first-order valence-electron chi connectivity index (χ1n) is 4.96. The summed E-state index contributed by atoms with van der Waals surface area (Å²) < 4.78 is 6.15. The number of nitrogens with one attached hydrogen (secondary N) is 1. The van der Waals surface area contributed by atoms with Gasteiger partial charge < -0.3 is 15.2 Å². The van der Waals surface area contributed by atoms with E-state index < -0.39 is 6.10 Å². The van der Waals surface area contributed by atoms with E-state index in [1.54, 1.807) is 0 Å². The SMILES string of the molecule is C=C(Br)CNCC(O)COCCCC. The molecule has 1 unspecified atom stereocenters. The van der Waals surface area contributed by atoms with Crippen molar-refractivity contribution in [2.24, 2.45) is 0 Å². The van der Waals surface area contributed by atoms with E-state index >= 15 is 0 Å². The van der Waals surface area contributed by atoms with Crippen LogP contribution in [0.1, 0.15) is 19.8 Å². The Balaban J connectivity index is 3.19. The van der Waals surface area contributed by atoms with Crippen LogP contribution >= 0.6 is 15.9 Å². The van der Waals surface area contributed by atoms with Crippen LogP contribution in [-0.2, 0) is 4.74 Å². The second kappa shape index (κ2) is 9.65. The van der Waals surface area contributed by atoms with Gasteiger partial charge in [0, 0.05) is 24.2 Å². The summed E-state index contributed by atoms with van der Waals surface area (Å²) in [4.78, 5) is 0. The minimum atomic E-state index is -0.432. The van der Waals surface area contributed by atoms with Gasteiger partial charge in [-0.25, -0.2) is 0 Å². The molecule has 0 heterocycles. The molecule has 0 aliphatic carbocycles. The molecular weight excluding hydrogens is 246 g/mol. The molecule has 0 aromatic heterocycles. The highest BCUT2D eigenvalue weighted by atomic mass is 79.9. The van der Waals surface area contributed by atoms with Crippen LogP contribution < -0.4 is 5.32 Å². The predicted octanol–water partition coefficient (Wildman–Crippen LogP) is 1.66. The molecule has 0 amide bonds. The first-order valence-corrected chi connectivity index (χ1v) is 5.76. The summed E-state index contributed by atoms with van der Waals surface area (Å²) >= 11 is 3.23. The van der Waals surface area contributed by atoms with Crippen LogP contribution in [0.15, 0.2) is 11.1 Å². The molecule has 0 aromatic rings. The molecule has 4 heteroatoms. The van der Waals surface area contributed by atoms with Gasteiger partial charge in [-0.3, -0.25) is 0 Å². The van der Waals surface area contributed by atoms with E-state index in [1.165, 1.54) is 0 Å². The molecule has 0 saturated carbocycles. The van der Waals surface area contributed by atoms with Crippen molar-refractivity contribution in [1.29, 1.82) is 0 Å². The Kier molecular flexibility index (Phi) is 9.72. The summed E-state index contributed by atoms with van der Waals surface area (Å²) in [7, 11) is 0. The average Bonchev–Trinajstić information content (AvgIpc) is 2.12. The first-order chi connectivity index (χ1) is 6.66. The molecule has 0 aliphatic heterocycles. The van der Waals surface area contributed by atoms with Gasteiger partial charge in [0.15, 0.2) is 0 Å². The fourth-order valence-corrected chi connectivity index (χ4v) is 1.10. The van der Waals surface area contributed by atoms with E-state index in [2.05, 4.69) is 34.7 Å². The lowest BCUT2D eigenvalue weighted by Gasteiger charge is -2.11. The van der Waals surface area contributed by atoms with Crippen molar-refractivity contribution in [3.8, 4) is 0 Å². The number of ether oxygens (including phenoxy) is 1. The lowest BCUT2D eigenvalue weighted by molar-refractivity contribution is 0.0364. The van der Waals surface area contributed by atoms with Gasteiger partial charge in [-0.1, -0.05) is 35.9 Å². The largest absolute Gasteiger partial charge is 0.389 e. The van der Waals surface area contributed by atoms with Crippen LogP contribution in [0.5, 0.6) is 0 Å². The van der Waals surface area contributed by atoms with Gasteiger partial charge in [0.25, 0.3) is 0 Å². The van der Waals surface area contributed by atoms with Crippen molar-refractivity contribution in [3.63, 3.8) is 0 Å². The topological polar surface area (TPSA) is 41.5 Å². The highest BCUT2D eigenvalue weighted by Gasteiger charge is 2.02. The van der Waals surface area contributed by atoms with Crippen LogP contribution in [0.25, 0.3) is 0 Å². The second-order valence-electron chi connectivity index (χ2n) is 3.23. The Morgan fingerprint density at radius 3 is 2.93 bits per heavy atom. The number of hydrogen-bond acceptors (Lipinski definition) is 3. The number of halogens is 1. The van der Waals surface area contributed by atoms with Crippen LogP contribution in [0.4, 0.5) is 0 Å². The molecule has 84 valence electrons. The Hall–Kier alpha value is 0.1000. The van der Waals surface area contributed by atoms with Crippen molar-refractivity contribution in [2.75, 3.05) is 26.3 Å². The Labute approximate surface area is 94.7 Å².